The molecule has 0 radical (unpaired) electrons. The maximum Gasteiger partial charge on any atom is 0.0121 e. The van der Waals surface area contributed by atoms with Crippen LogP contribution < -0.4 is 0 Å². The van der Waals surface area contributed by atoms with Gasteiger partial charge in [-0.15, -0.1) is 0 Å². The highest BCUT2D eigenvalue weighted by atomic mass is 15.3. The fourth-order valence-corrected chi connectivity index (χ4v) is 3.32. The monoisotopic (exact) mass is 253 g/mol. The van der Waals surface area contributed by atoms with Crippen molar-refractivity contribution < 1.29 is 0 Å². The second-order valence-electron chi connectivity index (χ2n) is 7.41. The van der Waals surface area contributed by atoms with Gasteiger partial charge in [0.25, 0.3) is 0 Å². The van der Waals surface area contributed by atoms with E-state index in [9.17, 15) is 0 Å². The number of piperidine rings is 1. The van der Waals surface area contributed by atoms with Gasteiger partial charge in [0.1, 0.15) is 0 Å². The molecule has 2 saturated heterocycles. The summed E-state index contributed by atoms with van der Waals surface area (Å²) in [5.41, 5.74) is 0.440. The molecule has 0 amide bonds. The maximum atomic E-state index is 2.74. The van der Waals surface area contributed by atoms with Crippen LogP contribution in [0.2, 0.25) is 0 Å². The minimum absolute atomic E-state index is 0.440. The Hall–Kier alpha value is -0.120. The number of nitrogens with zero attached hydrogens (tertiary/aromatic N) is 3. The van der Waals surface area contributed by atoms with E-state index in [0.29, 0.717) is 5.41 Å². The summed E-state index contributed by atoms with van der Waals surface area (Å²) in [5.74, 6) is 0. The quantitative estimate of drug-likeness (QED) is 0.742. The van der Waals surface area contributed by atoms with Crippen LogP contribution in [0.4, 0.5) is 0 Å². The van der Waals surface area contributed by atoms with E-state index in [1.807, 2.05) is 0 Å². The summed E-state index contributed by atoms with van der Waals surface area (Å²) in [4.78, 5) is 7.85. The van der Waals surface area contributed by atoms with Gasteiger partial charge in [-0.05, 0) is 38.4 Å². The van der Waals surface area contributed by atoms with E-state index in [-0.39, 0.29) is 0 Å². The Labute approximate surface area is 113 Å². The molecule has 2 aliphatic heterocycles. The Morgan fingerprint density at radius 2 is 1.44 bits per heavy atom. The highest BCUT2D eigenvalue weighted by Gasteiger charge is 2.27. The maximum absolute atomic E-state index is 2.74. The minimum atomic E-state index is 0.440. The van der Waals surface area contributed by atoms with Gasteiger partial charge in [0.2, 0.25) is 0 Å². The van der Waals surface area contributed by atoms with Gasteiger partial charge in [-0.25, -0.2) is 0 Å². The normalized spacial score (nSPS) is 26.7. The van der Waals surface area contributed by atoms with Crippen molar-refractivity contribution in [2.24, 2.45) is 5.41 Å². The molecule has 3 nitrogen and oxygen atoms in total. The first kappa shape index (κ1) is 14.3. The van der Waals surface area contributed by atoms with Crippen molar-refractivity contribution in [1.29, 1.82) is 0 Å². The van der Waals surface area contributed by atoms with E-state index in [1.165, 1.54) is 58.7 Å². The lowest BCUT2D eigenvalue weighted by Gasteiger charge is -2.43. The summed E-state index contributed by atoms with van der Waals surface area (Å²) in [5, 5.41) is 0. The Bertz CT molecular complexity index is 243. The summed E-state index contributed by atoms with van der Waals surface area (Å²) in [6, 6.07) is 0.859. The van der Waals surface area contributed by atoms with Gasteiger partial charge in [-0.1, -0.05) is 20.8 Å². The molecule has 2 heterocycles. The van der Waals surface area contributed by atoms with Crippen molar-refractivity contribution in [2.75, 3.05) is 52.9 Å². The molecule has 2 rings (SSSR count). The van der Waals surface area contributed by atoms with Gasteiger partial charge in [0, 0.05) is 38.8 Å². The van der Waals surface area contributed by atoms with Crippen molar-refractivity contribution in [3.63, 3.8) is 0 Å². The van der Waals surface area contributed by atoms with Crippen LogP contribution in [0.25, 0.3) is 0 Å². The van der Waals surface area contributed by atoms with Crippen LogP contribution in [-0.4, -0.2) is 73.6 Å². The summed E-state index contributed by atoms with van der Waals surface area (Å²) in [6.45, 7) is 15.9. The van der Waals surface area contributed by atoms with E-state index in [1.54, 1.807) is 0 Å². The average molecular weight is 253 g/mol. The second kappa shape index (κ2) is 5.89. The summed E-state index contributed by atoms with van der Waals surface area (Å²) in [6.07, 6.45) is 2.74. The third kappa shape index (κ3) is 4.22. The van der Waals surface area contributed by atoms with E-state index < -0.39 is 0 Å². The molecule has 18 heavy (non-hydrogen) atoms. The van der Waals surface area contributed by atoms with Gasteiger partial charge in [0.15, 0.2) is 0 Å². The molecule has 3 heteroatoms. The van der Waals surface area contributed by atoms with Gasteiger partial charge in [-0.2, -0.15) is 0 Å². The highest BCUT2D eigenvalue weighted by Crippen LogP contribution is 2.20. The summed E-state index contributed by atoms with van der Waals surface area (Å²) < 4.78 is 0. The molecule has 2 fully saturated rings. The summed E-state index contributed by atoms with van der Waals surface area (Å²) >= 11 is 0. The molecule has 0 bridgehead atoms. The fourth-order valence-electron chi connectivity index (χ4n) is 3.32. The number of hydrogen-bond donors (Lipinski definition) is 0. The predicted octanol–water partition coefficient (Wildman–Crippen LogP) is 1.74. The zero-order chi connectivity index (χ0) is 13.2. The Morgan fingerprint density at radius 3 is 1.94 bits per heavy atom. The molecule has 0 N–H and O–H groups in total. The van der Waals surface area contributed by atoms with Crippen LogP contribution in [0.3, 0.4) is 0 Å². The van der Waals surface area contributed by atoms with E-state index >= 15 is 0 Å². The van der Waals surface area contributed by atoms with E-state index in [0.717, 1.165) is 6.04 Å². The molecular weight excluding hydrogens is 222 g/mol. The highest BCUT2D eigenvalue weighted by molar-refractivity contribution is 4.83. The van der Waals surface area contributed by atoms with Crippen LogP contribution in [0.1, 0.15) is 33.6 Å². The molecule has 0 unspecified atom stereocenters. The number of piperazine rings is 1. The minimum Gasteiger partial charge on any atom is -0.306 e. The molecule has 0 atom stereocenters. The molecule has 106 valence electrons. The number of rotatable bonds is 2. The molecule has 2 aliphatic rings. The number of likely N-dealkylation sites (tertiary alicyclic amines) is 1. The van der Waals surface area contributed by atoms with Crippen molar-refractivity contribution in [3.8, 4) is 0 Å². The largest absolute Gasteiger partial charge is 0.306 e. The first-order chi connectivity index (χ1) is 8.44. The van der Waals surface area contributed by atoms with Crippen molar-refractivity contribution in [2.45, 2.75) is 39.7 Å². The molecule has 0 aromatic heterocycles. The topological polar surface area (TPSA) is 9.72 Å². The van der Waals surface area contributed by atoms with E-state index in [4.69, 9.17) is 0 Å². The molecule has 0 aromatic carbocycles. The van der Waals surface area contributed by atoms with Crippen molar-refractivity contribution >= 4 is 0 Å². The molecule has 0 saturated carbocycles. The fraction of sp³-hybridized carbons (Fsp3) is 1.00. The van der Waals surface area contributed by atoms with Crippen LogP contribution in [0.5, 0.6) is 0 Å². The van der Waals surface area contributed by atoms with Crippen LogP contribution in [0, 0.1) is 5.41 Å². The summed E-state index contributed by atoms with van der Waals surface area (Å²) in [7, 11) is 2.25. The molecule has 0 aromatic rings. The lowest BCUT2D eigenvalue weighted by Crippen LogP contribution is -2.53. The van der Waals surface area contributed by atoms with Gasteiger partial charge >= 0.3 is 0 Å². The average Bonchev–Trinajstić information content (AvgIpc) is 2.29. The third-order valence-electron chi connectivity index (χ3n) is 4.31. The zero-order valence-corrected chi connectivity index (χ0v) is 12.8. The Balaban J connectivity index is 1.73. The van der Waals surface area contributed by atoms with Crippen LogP contribution >= 0.6 is 0 Å². The van der Waals surface area contributed by atoms with Crippen LogP contribution in [-0.2, 0) is 0 Å². The molecule has 0 aliphatic carbocycles. The van der Waals surface area contributed by atoms with Gasteiger partial charge in [0.05, 0.1) is 0 Å². The Kier molecular flexibility index (Phi) is 4.68. The SMILES string of the molecule is CN1CCC(N2CCN(CC(C)(C)C)CC2)CC1. The standard InChI is InChI=1S/C15H31N3/c1-15(2,3)13-17-9-11-18(12-10-17)14-5-7-16(4)8-6-14/h14H,5-13H2,1-4H3. The lowest BCUT2D eigenvalue weighted by atomic mass is 9.95. The first-order valence-corrected chi connectivity index (χ1v) is 7.59. The van der Waals surface area contributed by atoms with E-state index in [2.05, 4.69) is 42.5 Å². The van der Waals surface area contributed by atoms with Gasteiger partial charge < -0.3 is 9.80 Å². The zero-order valence-electron chi connectivity index (χ0n) is 12.8. The molecule has 0 spiro atoms. The number of hydrogen-bond acceptors (Lipinski definition) is 3. The third-order valence-corrected chi connectivity index (χ3v) is 4.31. The molecular formula is C15H31N3. The van der Waals surface area contributed by atoms with Gasteiger partial charge in [-0.3, -0.25) is 4.90 Å². The first-order valence-electron chi connectivity index (χ1n) is 7.59. The second-order valence-corrected chi connectivity index (χ2v) is 7.41. The lowest BCUT2D eigenvalue weighted by molar-refractivity contribution is 0.0518. The van der Waals surface area contributed by atoms with Crippen LogP contribution in [0.15, 0.2) is 0 Å². The van der Waals surface area contributed by atoms with Crippen molar-refractivity contribution in [1.82, 2.24) is 14.7 Å². The van der Waals surface area contributed by atoms with Crippen molar-refractivity contribution in [3.05, 3.63) is 0 Å². The smallest absolute Gasteiger partial charge is 0.0121 e. The Morgan fingerprint density at radius 1 is 0.889 bits per heavy atom. The predicted molar refractivity (Wildman–Crippen MR) is 78.0 cm³/mol.